The van der Waals surface area contributed by atoms with Crippen molar-refractivity contribution in [1.82, 2.24) is 20.4 Å². The highest BCUT2D eigenvalue weighted by atomic mass is 16.5. The Morgan fingerprint density at radius 3 is 2.76 bits per heavy atom. The molecule has 1 aromatic carbocycles. The van der Waals surface area contributed by atoms with E-state index in [1.807, 2.05) is 17.0 Å². The van der Waals surface area contributed by atoms with Crippen LogP contribution in [-0.4, -0.2) is 40.1 Å². The number of carbonyl (C=O) groups excluding carboxylic acids is 2. The van der Waals surface area contributed by atoms with Gasteiger partial charge in [-0.3, -0.25) is 4.79 Å². The van der Waals surface area contributed by atoms with Gasteiger partial charge >= 0.3 is 6.03 Å². The maximum Gasteiger partial charge on any atom is 0.312 e. The molecule has 2 heterocycles. The van der Waals surface area contributed by atoms with Crippen molar-refractivity contribution < 1.29 is 14.1 Å². The Labute approximate surface area is 145 Å². The number of hydrogen-bond acceptors (Lipinski definition) is 5. The molecule has 8 nitrogen and oxygen atoms in total. The fourth-order valence-corrected chi connectivity index (χ4v) is 2.98. The minimum Gasteiger partial charge on any atom is -0.352 e. The maximum absolute atomic E-state index is 12.7. The second-order valence-corrected chi connectivity index (χ2v) is 6.18. The van der Waals surface area contributed by atoms with Crippen LogP contribution in [0.1, 0.15) is 46.4 Å². The van der Waals surface area contributed by atoms with Crippen molar-refractivity contribution in [2.45, 2.75) is 32.2 Å². The molecule has 1 unspecified atom stereocenters. The Kier molecular flexibility index (Phi) is 4.97. The number of aryl methyl sites for hydroxylation is 1. The number of rotatable bonds is 4. The summed E-state index contributed by atoms with van der Waals surface area (Å²) in [4.78, 5) is 29.6. The van der Waals surface area contributed by atoms with Crippen molar-refractivity contribution >= 4 is 11.9 Å². The van der Waals surface area contributed by atoms with Gasteiger partial charge in [0.05, 0.1) is 5.92 Å². The third kappa shape index (κ3) is 4.14. The molecule has 0 bridgehead atoms. The Morgan fingerprint density at radius 1 is 1.36 bits per heavy atom. The first-order valence-electron chi connectivity index (χ1n) is 8.24. The number of urea groups is 1. The van der Waals surface area contributed by atoms with Crippen molar-refractivity contribution in [2.75, 3.05) is 13.1 Å². The number of hydrogen-bond donors (Lipinski definition) is 2. The summed E-state index contributed by atoms with van der Waals surface area (Å²) in [5.41, 5.74) is 6.55. The summed E-state index contributed by atoms with van der Waals surface area (Å²) in [6, 6.07) is 6.58. The minimum atomic E-state index is -0.573. The monoisotopic (exact) mass is 343 g/mol. The molecule has 1 aromatic heterocycles. The summed E-state index contributed by atoms with van der Waals surface area (Å²) in [5.74, 6) is 1.27. The topological polar surface area (TPSA) is 114 Å². The smallest absolute Gasteiger partial charge is 0.312 e. The lowest BCUT2D eigenvalue weighted by atomic mass is 9.97. The van der Waals surface area contributed by atoms with Crippen LogP contribution >= 0.6 is 0 Å². The van der Waals surface area contributed by atoms with Gasteiger partial charge in [-0.05, 0) is 37.5 Å². The summed E-state index contributed by atoms with van der Waals surface area (Å²) in [6.45, 7) is 3.42. The van der Waals surface area contributed by atoms with E-state index in [0.717, 1.165) is 18.4 Å². The Balaban J connectivity index is 1.64. The number of amides is 3. The van der Waals surface area contributed by atoms with Gasteiger partial charge in [0.1, 0.15) is 0 Å². The molecule has 1 fully saturated rings. The first kappa shape index (κ1) is 16.9. The van der Waals surface area contributed by atoms with Gasteiger partial charge in [-0.1, -0.05) is 17.3 Å². The Hall–Kier alpha value is -2.90. The van der Waals surface area contributed by atoms with Crippen LogP contribution in [0.15, 0.2) is 28.8 Å². The van der Waals surface area contributed by atoms with Gasteiger partial charge in [0.25, 0.3) is 5.91 Å². The van der Waals surface area contributed by atoms with Gasteiger partial charge in [0.2, 0.25) is 5.89 Å². The third-order valence-electron chi connectivity index (χ3n) is 4.27. The number of primary amides is 1. The van der Waals surface area contributed by atoms with Crippen molar-refractivity contribution in [3.63, 3.8) is 0 Å². The number of piperidine rings is 1. The summed E-state index contributed by atoms with van der Waals surface area (Å²) >= 11 is 0. The molecule has 3 N–H and O–H groups in total. The molecule has 0 spiro atoms. The van der Waals surface area contributed by atoms with Crippen molar-refractivity contribution in [2.24, 2.45) is 5.73 Å². The number of nitrogens with two attached hydrogens (primary N) is 1. The Bertz CT molecular complexity index is 756. The molecule has 1 atom stereocenters. The van der Waals surface area contributed by atoms with Crippen LogP contribution in [0.2, 0.25) is 0 Å². The van der Waals surface area contributed by atoms with Crippen molar-refractivity contribution in [1.29, 1.82) is 0 Å². The molecule has 2 aromatic rings. The van der Waals surface area contributed by atoms with Gasteiger partial charge in [-0.15, -0.1) is 0 Å². The second-order valence-electron chi connectivity index (χ2n) is 6.18. The molecule has 1 aliphatic rings. The lowest BCUT2D eigenvalue weighted by Crippen LogP contribution is -2.39. The molecule has 3 amide bonds. The van der Waals surface area contributed by atoms with E-state index >= 15 is 0 Å². The first-order chi connectivity index (χ1) is 12.0. The van der Waals surface area contributed by atoms with Gasteiger partial charge in [-0.2, -0.15) is 4.98 Å². The molecule has 25 heavy (non-hydrogen) atoms. The summed E-state index contributed by atoms with van der Waals surface area (Å²) in [6.07, 6.45) is 1.83. The summed E-state index contributed by atoms with van der Waals surface area (Å²) in [7, 11) is 0. The van der Waals surface area contributed by atoms with Crippen LogP contribution in [0, 0.1) is 6.92 Å². The van der Waals surface area contributed by atoms with Crippen molar-refractivity contribution in [3.8, 4) is 0 Å². The zero-order chi connectivity index (χ0) is 17.8. The molecule has 0 saturated carbocycles. The van der Waals surface area contributed by atoms with Gasteiger partial charge < -0.3 is 20.5 Å². The molecular weight excluding hydrogens is 322 g/mol. The molecule has 1 aliphatic heterocycles. The average molecular weight is 343 g/mol. The highest BCUT2D eigenvalue weighted by Gasteiger charge is 2.28. The average Bonchev–Trinajstić information content (AvgIpc) is 3.06. The van der Waals surface area contributed by atoms with E-state index in [2.05, 4.69) is 15.5 Å². The van der Waals surface area contributed by atoms with Gasteiger partial charge in [0, 0.05) is 25.2 Å². The molecular formula is C17H21N5O3. The van der Waals surface area contributed by atoms with Gasteiger partial charge in [-0.25, -0.2) is 4.79 Å². The summed E-state index contributed by atoms with van der Waals surface area (Å²) in [5, 5.41) is 6.35. The lowest BCUT2D eigenvalue weighted by Gasteiger charge is -2.31. The van der Waals surface area contributed by atoms with Crippen LogP contribution < -0.4 is 11.1 Å². The molecule has 8 heteroatoms. The van der Waals surface area contributed by atoms with E-state index in [9.17, 15) is 9.59 Å². The zero-order valence-electron chi connectivity index (χ0n) is 14.1. The van der Waals surface area contributed by atoms with E-state index in [1.165, 1.54) is 0 Å². The van der Waals surface area contributed by atoms with Crippen molar-refractivity contribution in [3.05, 3.63) is 47.1 Å². The minimum absolute atomic E-state index is 0.0182. The van der Waals surface area contributed by atoms with E-state index in [0.29, 0.717) is 36.9 Å². The largest absolute Gasteiger partial charge is 0.352 e. The first-order valence-corrected chi connectivity index (χ1v) is 8.24. The number of nitrogens with zero attached hydrogens (tertiary/aromatic N) is 3. The molecule has 1 saturated heterocycles. The number of nitrogens with one attached hydrogen (secondary N) is 1. The maximum atomic E-state index is 12.7. The number of likely N-dealkylation sites (tertiary alicyclic amines) is 1. The highest BCUT2D eigenvalue weighted by Crippen LogP contribution is 2.26. The van der Waals surface area contributed by atoms with Gasteiger partial charge in [0.15, 0.2) is 5.82 Å². The summed E-state index contributed by atoms with van der Waals surface area (Å²) < 4.78 is 5.26. The number of aromatic nitrogens is 2. The lowest BCUT2D eigenvalue weighted by molar-refractivity contribution is 0.0695. The number of carbonyl (C=O) groups is 2. The fourth-order valence-electron chi connectivity index (χ4n) is 2.98. The third-order valence-corrected chi connectivity index (χ3v) is 4.27. The second kappa shape index (κ2) is 7.33. The SMILES string of the molecule is Cc1noc(C2CCCN(C(=O)c3ccc(CNC(N)=O)cc3)C2)n1. The van der Waals surface area contributed by atoms with E-state index < -0.39 is 6.03 Å². The quantitative estimate of drug-likeness (QED) is 0.874. The predicted octanol–water partition coefficient (Wildman–Crippen LogP) is 1.57. The molecule has 0 aliphatic carbocycles. The van der Waals surface area contributed by atoms with Crippen LogP contribution in [0.4, 0.5) is 4.79 Å². The fraction of sp³-hybridized carbons (Fsp3) is 0.412. The van der Waals surface area contributed by atoms with E-state index in [-0.39, 0.29) is 11.8 Å². The number of benzene rings is 1. The molecule has 0 radical (unpaired) electrons. The van der Waals surface area contributed by atoms with Crippen LogP contribution in [0.3, 0.4) is 0 Å². The van der Waals surface area contributed by atoms with Crippen LogP contribution in [0.5, 0.6) is 0 Å². The molecule has 3 rings (SSSR count). The van der Waals surface area contributed by atoms with E-state index in [1.54, 1.807) is 19.1 Å². The van der Waals surface area contributed by atoms with Crippen LogP contribution in [0.25, 0.3) is 0 Å². The highest BCUT2D eigenvalue weighted by molar-refractivity contribution is 5.94. The molecule has 132 valence electrons. The standard InChI is InChI=1S/C17H21N5O3/c1-11-20-15(25-21-11)14-3-2-8-22(10-14)16(23)13-6-4-12(5-7-13)9-19-17(18)24/h4-7,14H,2-3,8-10H2,1H3,(H3,18,19,24). The zero-order valence-corrected chi connectivity index (χ0v) is 14.1. The van der Waals surface area contributed by atoms with E-state index in [4.69, 9.17) is 10.3 Å². The van der Waals surface area contributed by atoms with Crippen LogP contribution in [-0.2, 0) is 6.54 Å². The Morgan fingerprint density at radius 2 is 2.12 bits per heavy atom. The predicted molar refractivity (Wildman–Crippen MR) is 89.8 cm³/mol. The normalized spacial score (nSPS) is 17.3.